The van der Waals surface area contributed by atoms with Crippen LogP contribution in [0.25, 0.3) is 0 Å². The van der Waals surface area contributed by atoms with Crippen LogP contribution < -0.4 is 0 Å². The minimum absolute atomic E-state index is 0.169. The van der Waals surface area contributed by atoms with Gasteiger partial charge in [-0.05, 0) is 5.92 Å². The van der Waals surface area contributed by atoms with Crippen LogP contribution in [-0.2, 0) is 10.6 Å². The Hall–Kier alpha value is -0.950. The van der Waals surface area contributed by atoms with E-state index in [0.717, 1.165) is 0 Å². The number of allylic oxidation sites excluding steroid dienone is 1. The lowest BCUT2D eigenvalue weighted by Gasteiger charge is -1.96. The fourth-order valence-electron chi connectivity index (χ4n) is 0.440. The molecule has 0 saturated carbocycles. The van der Waals surface area contributed by atoms with Gasteiger partial charge >= 0.3 is 0 Å². The predicted molar refractivity (Wildman–Crippen MR) is 45.9 cm³/mol. The molecule has 0 saturated heterocycles. The molecule has 0 aliphatic rings. The van der Waals surface area contributed by atoms with Gasteiger partial charge < -0.3 is 5.11 Å². The van der Waals surface area contributed by atoms with Gasteiger partial charge in [-0.2, -0.15) is 0 Å². The number of hydrogen-bond donors (Lipinski definition) is 2. The fraction of sp³-hybridized carbons (Fsp3) is 0.429. The molecule has 3 nitrogen and oxygen atoms in total. The van der Waals surface area contributed by atoms with Crippen molar-refractivity contribution in [1.29, 1.82) is 0 Å². The number of thiol groups is 1. The standard InChI is InChI=1S/C7H11NO2S/c1-3-7(2)6-11(10)8-4-5-9/h3,7,9,11H,1,6H2,2H3/t7-/m0/s1. The van der Waals surface area contributed by atoms with Crippen molar-refractivity contribution in [3.05, 3.63) is 12.7 Å². The number of aliphatic hydroxyl groups is 1. The largest absolute Gasteiger partial charge is 0.461 e. The van der Waals surface area contributed by atoms with E-state index in [1.54, 1.807) is 12.2 Å². The van der Waals surface area contributed by atoms with E-state index in [1.807, 2.05) is 13.0 Å². The van der Waals surface area contributed by atoms with Gasteiger partial charge in [0.15, 0.2) is 0 Å². The third-order valence-electron chi connectivity index (χ3n) is 1.06. The Morgan fingerprint density at radius 1 is 1.91 bits per heavy atom. The minimum Gasteiger partial charge on any atom is -0.461 e. The molecule has 1 unspecified atom stereocenters. The molecule has 0 rings (SSSR count). The summed E-state index contributed by atoms with van der Waals surface area (Å²) < 4.78 is 14.3. The van der Waals surface area contributed by atoms with Gasteiger partial charge in [0.2, 0.25) is 0 Å². The average molecular weight is 173 g/mol. The van der Waals surface area contributed by atoms with Gasteiger partial charge in [0, 0.05) is 5.75 Å². The quantitative estimate of drug-likeness (QED) is 0.376. The lowest BCUT2D eigenvalue weighted by Crippen LogP contribution is -1.97. The van der Waals surface area contributed by atoms with E-state index in [1.165, 1.54) is 0 Å². The van der Waals surface area contributed by atoms with Crippen LogP contribution >= 0.6 is 0 Å². The first-order valence-electron chi connectivity index (χ1n) is 3.12. The fourth-order valence-corrected chi connectivity index (χ4v) is 1.32. The summed E-state index contributed by atoms with van der Waals surface area (Å²) in [6.45, 7) is 5.43. The van der Waals surface area contributed by atoms with E-state index in [2.05, 4.69) is 10.9 Å². The second-order valence-corrected chi connectivity index (χ2v) is 3.34. The number of rotatable bonds is 3. The second-order valence-electron chi connectivity index (χ2n) is 2.07. The van der Waals surface area contributed by atoms with E-state index in [0.29, 0.717) is 5.75 Å². The van der Waals surface area contributed by atoms with Crippen LogP contribution in [0.3, 0.4) is 0 Å². The Morgan fingerprint density at radius 2 is 2.55 bits per heavy atom. The summed E-state index contributed by atoms with van der Waals surface area (Å²) in [7, 11) is -1.66. The number of hydrogen-bond acceptors (Lipinski definition) is 3. The zero-order valence-electron chi connectivity index (χ0n) is 6.32. The molecule has 0 aliphatic carbocycles. The van der Waals surface area contributed by atoms with Crippen LogP contribution in [-0.4, -0.2) is 15.1 Å². The summed E-state index contributed by atoms with van der Waals surface area (Å²) in [5.41, 5.74) is 0. The Morgan fingerprint density at radius 3 is 3.00 bits per heavy atom. The minimum atomic E-state index is -1.66. The summed E-state index contributed by atoms with van der Waals surface area (Å²) in [6, 6.07) is 1.99. The molecule has 0 aliphatic heterocycles. The Kier molecular flexibility index (Phi) is 5.30. The van der Waals surface area contributed by atoms with Crippen molar-refractivity contribution in [2.75, 3.05) is 5.75 Å². The summed E-state index contributed by atoms with van der Waals surface area (Å²) in [6.07, 6.45) is 3.27. The predicted octanol–water partition coefficient (Wildman–Crippen LogP) is 0.764. The molecule has 2 atom stereocenters. The maximum Gasteiger partial charge on any atom is 0.134 e. The molecule has 0 aromatic carbocycles. The smallest absolute Gasteiger partial charge is 0.134 e. The van der Waals surface area contributed by atoms with Crippen LogP contribution in [0.2, 0.25) is 0 Å². The molecule has 11 heavy (non-hydrogen) atoms. The monoisotopic (exact) mass is 173 g/mol. The van der Waals surface area contributed by atoms with Gasteiger partial charge in [0.05, 0.1) is 16.6 Å². The van der Waals surface area contributed by atoms with Crippen molar-refractivity contribution in [3.8, 4) is 12.2 Å². The Bertz CT molecular complexity index is 255. The summed E-state index contributed by atoms with van der Waals surface area (Å²) >= 11 is 0. The lowest BCUT2D eigenvalue weighted by atomic mass is 10.2. The highest BCUT2D eigenvalue weighted by Crippen LogP contribution is 1.95. The maximum absolute atomic E-state index is 10.9. The maximum atomic E-state index is 10.9. The van der Waals surface area contributed by atoms with Crippen molar-refractivity contribution < 1.29 is 9.32 Å². The highest BCUT2D eigenvalue weighted by atomic mass is 32.2. The summed E-state index contributed by atoms with van der Waals surface area (Å²) in [5.74, 6) is 0.607. The van der Waals surface area contributed by atoms with E-state index in [4.69, 9.17) is 5.11 Å². The Balaban J connectivity index is 4.03. The van der Waals surface area contributed by atoms with E-state index in [-0.39, 0.29) is 5.92 Å². The van der Waals surface area contributed by atoms with Crippen LogP contribution in [0, 0.1) is 18.1 Å². The third kappa shape index (κ3) is 5.49. The summed E-state index contributed by atoms with van der Waals surface area (Å²) in [4.78, 5) is 0. The van der Waals surface area contributed by atoms with Crippen molar-refractivity contribution >= 4 is 10.6 Å². The molecule has 1 N–H and O–H groups in total. The lowest BCUT2D eigenvalue weighted by molar-refractivity contribution is 0.516. The van der Waals surface area contributed by atoms with Crippen molar-refractivity contribution in [3.63, 3.8) is 0 Å². The highest BCUT2D eigenvalue weighted by Gasteiger charge is 1.94. The highest BCUT2D eigenvalue weighted by molar-refractivity contribution is 7.75. The van der Waals surface area contributed by atoms with Crippen LogP contribution in [0.15, 0.2) is 17.0 Å². The van der Waals surface area contributed by atoms with Gasteiger partial charge in [-0.3, -0.25) is 4.21 Å². The van der Waals surface area contributed by atoms with E-state index in [9.17, 15) is 4.21 Å². The number of nitrogens with zero attached hydrogens (tertiary/aromatic N) is 1. The van der Waals surface area contributed by atoms with Crippen LogP contribution in [0.4, 0.5) is 0 Å². The Labute approximate surface area is 68.3 Å². The molecule has 0 bridgehead atoms. The summed E-state index contributed by atoms with van der Waals surface area (Å²) in [5, 5.41) is 8.00. The van der Waals surface area contributed by atoms with Crippen molar-refractivity contribution in [1.82, 2.24) is 0 Å². The molecular formula is C7H11NO2S. The first-order valence-corrected chi connectivity index (χ1v) is 4.52. The first-order chi connectivity index (χ1) is 5.20. The zero-order valence-corrected chi connectivity index (χ0v) is 7.21. The molecule has 62 valence electrons. The van der Waals surface area contributed by atoms with Gasteiger partial charge in [0.25, 0.3) is 0 Å². The van der Waals surface area contributed by atoms with E-state index < -0.39 is 10.6 Å². The second kappa shape index (κ2) is 5.81. The SMILES string of the molecule is C=C[C@H](C)C/[SH](=O)=N\C#CO. The topological polar surface area (TPSA) is 49.7 Å². The van der Waals surface area contributed by atoms with Gasteiger partial charge in [-0.1, -0.05) is 13.0 Å². The van der Waals surface area contributed by atoms with E-state index >= 15 is 0 Å². The molecule has 0 heterocycles. The molecule has 0 aromatic rings. The molecule has 4 heteroatoms. The van der Waals surface area contributed by atoms with Gasteiger partial charge in [-0.25, -0.2) is 0 Å². The van der Waals surface area contributed by atoms with Crippen LogP contribution in [0.1, 0.15) is 6.92 Å². The molecule has 0 amide bonds. The normalized spacial score (nSPS) is 14.6. The zero-order chi connectivity index (χ0) is 8.69. The van der Waals surface area contributed by atoms with Crippen LogP contribution in [0.5, 0.6) is 0 Å². The average Bonchev–Trinajstić information content (AvgIpc) is 2.00. The van der Waals surface area contributed by atoms with Crippen molar-refractivity contribution in [2.45, 2.75) is 6.92 Å². The molecule has 0 fully saturated rings. The van der Waals surface area contributed by atoms with Gasteiger partial charge in [0.1, 0.15) is 6.11 Å². The molecular weight excluding hydrogens is 162 g/mol. The van der Waals surface area contributed by atoms with Crippen molar-refractivity contribution in [2.24, 2.45) is 10.3 Å². The van der Waals surface area contributed by atoms with Gasteiger partial charge in [-0.15, -0.1) is 10.9 Å². The first kappa shape index (κ1) is 10.0. The molecule has 0 aromatic heterocycles. The molecule has 0 radical (unpaired) electrons. The molecule has 0 spiro atoms. The number of aliphatic hydroxyl groups excluding tert-OH is 1. The third-order valence-corrected chi connectivity index (χ3v) is 2.27.